The summed E-state index contributed by atoms with van der Waals surface area (Å²) in [6, 6.07) is 25.0. The third kappa shape index (κ3) is 8.68. The molecule has 0 radical (unpaired) electrons. The van der Waals surface area contributed by atoms with Gasteiger partial charge in [0.2, 0.25) is 5.91 Å². The standard InChI is InChI=1S/C36H45Cl2N2O2.HI/c1-27(2)42-32-12-7-9-28(23-32)24-35(41)39-19-8-17-36(26-39,31-13-14-33(37)34(38)25-31)18-22-40(3)20-15-30(16-21-40)29-10-5-4-6-11-29;/h4-7,9-14,23,25,27,30H,8,15-22,24,26H2,1-3H3;1H/q+1;/p-1. The summed E-state index contributed by atoms with van der Waals surface area (Å²) in [5.41, 5.74) is 3.51. The van der Waals surface area contributed by atoms with E-state index in [1.807, 2.05) is 50.2 Å². The zero-order chi connectivity index (χ0) is 29.7. The van der Waals surface area contributed by atoms with Crippen molar-refractivity contribution in [1.82, 2.24) is 4.90 Å². The lowest BCUT2D eigenvalue weighted by Gasteiger charge is -2.47. The number of quaternary nitrogens is 1. The maximum absolute atomic E-state index is 13.7. The maximum Gasteiger partial charge on any atom is 0.227 e. The molecule has 1 unspecified atom stereocenters. The van der Waals surface area contributed by atoms with Gasteiger partial charge in [0.05, 0.1) is 49.3 Å². The third-order valence-electron chi connectivity index (χ3n) is 9.52. The number of likely N-dealkylation sites (tertiary alicyclic amines) is 2. The molecule has 0 N–H and O–H groups in total. The highest BCUT2D eigenvalue weighted by Gasteiger charge is 2.41. The van der Waals surface area contributed by atoms with Gasteiger partial charge >= 0.3 is 0 Å². The molecule has 1 atom stereocenters. The van der Waals surface area contributed by atoms with Crippen molar-refractivity contribution in [2.24, 2.45) is 0 Å². The molecule has 0 aromatic heterocycles. The Morgan fingerprint density at radius 3 is 2.44 bits per heavy atom. The summed E-state index contributed by atoms with van der Waals surface area (Å²) in [4.78, 5) is 15.8. The molecule has 7 heteroatoms. The SMILES string of the molecule is CC(C)Oc1cccc(CC(=O)N2CCCC(CC[N+]3(C)CCC(c4ccccc4)CC3)(c3ccc(Cl)c(Cl)c3)C2)c1.[I-]. The van der Waals surface area contributed by atoms with Crippen molar-refractivity contribution in [2.75, 3.05) is 39.8 Å². The lowest BCUT2D eigenvalue weighted by atomic mass is 9.71. The average molecular weight is 736 g/mol. The monoisotopic (exact) mass is 734 g/mol. The van der Waals surface area contributed by atoms with E-state index < -0.39 is 0 Å². The second-order valence-corrected chi connectivity index (χ2v) is 13.9. The molecule has 2 saturated heterocycles. The van der Waals surface area contributed by atoms with E-state index in [9.17, 15) is 4.79 Å². The number of nitrogens with zero attached hydrogens (tertiary/aromatic N) is 2. The highest BCUT2D eigenvalue weighted by molar-refractivity contribution is 6.42. The summed E-state index contributed by atoms with van der Waals surface area (Å²) < 4.78 is 6.95. The molecule has 3 aromatic rings. The van der Waals surface area contributed by atoms with Crippen LogP contribution in [0.5, 0.6) is 5.75 Å². The predicted octanol–water partition coefficient (Wildman–Crippen LogP) is 5.30. The van der Waals surface area contributed by atoms with E-state index in [0.29, 0.717) is 28.9 Å². The van der Waals surface area contributed by atoms with Gasteiger partial charge in [-0.1, -0.05) is 71.7 Å². The average Bonchev–Trinajstić information content (AvgIpc) is 2.98. The Kier molecular flexibility index (Phi) is 11.9. The molecule has 1 amide bonds. The third-order valence-corrected chi connectivity index (χ3v) is 10.3. The van der Waals surface area contributed by atoms with Gasteiger partial charge in [0.25, 0.3) is 0 Å². The number of carbonyl (C=O) groups excluding carboxylic acids is 1. The van der Waals surface area contributed by atoms with Crippen molar-refractivity contribution in [3.63, 3.8) is 0 Å². The number of halogens is 3. The zero-order valence-electron chi connectivity index (χ0n) is 25.7. The van der Waals surface area contributed by atoms with Crippen LogP contribution in [0.4, 0.5) is 0 Å². The summed E-state index contributed by atoms with van der Waals surface area (Å²) in [6.07, 6.45) is 5.93. The minimum absolute atomic E-state index is 0. The smallest absolute Gasteiger partial charge is 0.227 e. The van der Waals surface area contributed by atoms with Crippen LogP contribution in [0, 0.1) is 0 Å². The highest BCUT2D eigenvalue weighted by Crippen LogP contribution is 2.41. The van der Waals surface area contributed by atoms with Crippen molar-refractivity contribution >= 4 is 29.1 Å². The number of rotatable bonds is 9. The van der Waals surface area contributed by atoms with Crippen LogP contribution in [0.1, 0.15) is 68.6 Å². The first kappa shape index (κ1) is 34.1. The van der Waals surface area contributed by atoms with Crippen LogP contribution in [0.2, 0.25) is 10.0 Å². The molecule has 0 spiro atoms. The number of ether oxygens (including phenoxy) is 1. The molecule has 5 rings (SSSR count). The summed E-state index contributed by atoms with van der Waals surface area (Å²) >= 11 is 12.9. The predicted molar refractivity (Wildman–Crippen MR) is 174 cm³/mol. The van der Waals surface area contributed by atoms with Gasteiger partial charge in [0, 0.05) is 37.8 Å². The highest BCUT2D eigenvalue weighted by atomic mass is 127. The van der Waals surface area contributed by atoms with Crippen LogP contribution in [-0.4, -0.2) is 61.2 Å². The fourth-order valence-corrected chi connectivity index (χ4v) is 7.30. The lowest BCUT2D eigenvalue weighted by molar-refractivity contribution is -0.915. The van der Waals surface area contributed by atoms with E-state index in [0.717, 1.165) is 48.1 Å². The largest absolute Gasteiger partial charge is 1.00 e. The Morgan fingerprint density at radius 1 is 1.00 bits per heavy atom. The Hall–Kier alpha value is -1.80. The molecular formula is C36H45Cl2IN2O2. The minimum Gasteiger partial charge on any atom is -1.00 e. The second-order valence-electron chi connectivity index (χ2n) is 13.0. The first-order valence-corrected chi connectivity index (χ1v) is 16.3. The quantitative estimate of drug-likeness (QED) is 0.221. The van der Waals surface area contributed by atoms with Gasteiger partial charge in [0.1, 0.15) is 5.75 Å². The maximum atomic E-state index is 13.7. The van der Waals surface area contributed by atoms with E-state index in [1.165, 1.54) is 37.1 Å². The minimum atomic E-state index is -0.151. The number of amides is 1. The fourth-order valence-electron chi connectivity index (χ4n) is 7.00. The van der Waals surface area contributed by atoms with Crippen LogP contribution in [-0.2, 0) is 16.6 Å². The number of hydrogen-bond acceptors (Lipinski definition) is 2. The summed E-state index contributed by atoms with van der Waals surface area (Å²) in [5.74, 6) is 1.63. The van der Waals surface area contributed by atoms with Crippen molar-refractivity contribution in [1.29, 1.82) is 0 Å². The normalized spacial score (nSPS) is 24.0. The Balaban J connectivity index is 0.00000423. The Bertz CT molecular complexity index is 1360. The van der Waals surface area contributed by atoms with Crippen LogP contribution >= 0.6 is 23.2 Å². The van der Waals surface area contributed by atoms with Gasteiger partial charge < -0.3 is 38.1 Å². The summed E-state index contributed by atoms with van der Waals surface area (Å²) in [6.45, 7) is 8.96. The fraction of sp³-hybridized carbons (Fsp3) is 0.472. The number of benzene rings is 3. The lowest BCUT2D eigenvalue weighted by Crippen LogP contribution is -3.00. The van der Waals surface area contributed by atoms with Crippen molar-refractivity contribution < 1.29 is 38.0 Å². The van der Waals surface area contributed by atoms with Crippen LogP contribution < -0.4 is 28.7 Å². The molecule has 3 aromatic carbocycles. The molecule has 2 aliphatic heterocycles. The van der Waals surface area contributed by atoms with Gasteiger partial charge in [-0.05, 0) is 73.6 Å². The summed E-state index contributed by atoms with van der Waals surface area (Å²) in [5, 5.41) is 1.16. The zero-order valence-corrected chi connectivity index (χ0v) is 29.4. The van der Waals surface area contributed by atoms with E-state index >= 15 is 0 Å². The van der Waals surface area contributed by atoms with Gasteiger partial charge in [-0.25, -0.2) is 0 Å². The van der Waals surface area contributed by atoms with Crippen molar-refractivity contribution in [3.05, 3.63) is 99.5 Å². The van der Waals surface area contributed by atoms with Crippen LogP contribution in [0.25, 0.3) is 0 Å². The topological polar surface area (TPSA) is 29.5 Å². The molecule has 4 nitrogen and oxygen atoms in total. The van der Waals surface area contributed by atoms with Gasteiger partial charge in [-0.2, -0.15) is 0 Å². The molecule has 0 aliphatic carbocycles. The Labute approximate surface area is 285 Å². The molecule has 0 saturated carbocycles. The molecular weight excluding hydrogens is 690 g/mol. The first-order chi connectivity index (χ1) is 20.1. The first-order valence-electron chi connectivity index (χ1n) is 15.5. The Morgan fingerprint density at radius 2 is 1.74 bits per heavy atom. The van der Waals surface area contributed by atoms with Gasteiger partial charge in [0.15, 0.2) is 0 Å². The number of carbonyl (C=O) groups is 1. The van der Waals surface area contributed by atoms with Crippen LogP contribution in [0.15, 0.2) is 72.8 Å². The van der Waals surface area contributed by atoms with Gasteiger partial charge in [-0.3, -0.25) is 4.79 Å². The number of piperidine rings is 2. The van der Waals surface area contributed by atoms with Crippen molar-refractivity contribution in [2.45, 2.75) is 69.8 Å². The van der Waals surface area contributed by atoms with Crippen LogP contribution in [0.3, 0.4) is 0 Å². The second kappa shape index (κ2) is 15.0. The summed E-state index contributed by atoms with van der Waals surface area (Å²) in [7, 11) is 2.42. The molecule has 232 valence electrons. The molecule has 43 heavy (non-hydrogen) atoms. The van der Waals surface area contributed by atoms with E-state index in [4.69, 9.17) is 27.9 Å². The molecule has 2 heterocycles. The van der Waals surface area contributed by atoms with E-state index in [-0.39, 0.29) is 41.4 Å². The van der Waals surface area contributed by atoms with E-state index in [1.54, 1.807) is 0 Å². The number of hydrogen-bond donors (Lipinski definition) is 0. The molecule has 0 bridgehead atoms. The van der Waals surface area contributed by atoms with Gasteiger partial charge in [-0.15, -0.1) is 0 Å². The molecule has 2 fully saturated rings. The molecule has 2 aliphatic rings. The van der Waals surface area contributed by atoms with Crippen molar-refractivity contribution in [3.8, 4) is 5.75 Å². The van der Waals surface area contributed by atoms with E-state index in [2.05, 4.69) is 48.3 Å².